The van der Waals surface area contributed by atoms with Gasteiger partial charge in [0.25, 0.3) is 0 Å². The van der Waals surface area contributed by atoms with Crippen LogP contribution in [-0.4, -0.2) is 20.4 Å². The summed E-state index contributed by atoms with van der Waals surface area (Å²) in [5.74, 6) is 0. The van der Waals surface area contributed by atoms with Crippen LogP contribution in [0.4, 0.5) is 0 Å². The Morgan fingerprint density at radius 2 is 1.00 bits per heavy atom. The van der Waals surface area contributed by atoms with Crippen LogP contribution in [0, 0.1) is 0 Å². The lowest BCUT2D eigenvalue weighted by Gasteiger charge is -2.02. The smallest absolute Gasteiger partial charge is 0.0929 e. The molecule has 4 heteroatoms. The van der Waals surface area contributed by atoms with E-state index in [1.807, 2.05) is 48.5 Å². The van der Waals surface area contributed by atoms with Gasteiger partial charge in [0.15, 0.2) is 0 Å². The second-order valence-corrected chi connectivity index (χ2v) is 3.80. The molecule has 0 aliphatic rings. The summed E-state index contributed by atoms with van der Waals surface area (Å²) in [4.78, 5) is 0. The van der Waals surface area contributed by atoms with Crippen LogP contribution in [0.3, 0.4) is 0 Å². The van der Waals surface area contributed by atoms with Crippen molar-refractivity contribution in [3.8, 4) is 22.5 Å². The Kier molecular flexibility index (Phi) is 2.75. The van der Waals surface area contributed by atoms with Gasteiger partial charge in [0, 0.05) is 23.5 Å². The van der Waals surface area contributed by atoms with Crippen LogP contribution in [0.25, 0.3) is 22.5 Å². The standard InChI is InChI=1S/C14H10N4/c1-3-13(17-15-9-1)11-5-7-12(8-6-11)14-4-2-10-16-18-14/h1-10H. The van der Waals surface area contributed by atoms with Crippen molar-refractivity contribution in [2.75, 3.05) is 0 Å². The average molecular weight is 234 g/mol. The maximum absolute atomic E-state index is 4.07. The van der Waals surface area contributed by atoms with Gasteiger partial charge in [0.05, 0.1) is 11.4 Å². The van der Waals surface area contributed by atoms with Gasteiger partial charge >= 0.3 is 0 Å². The van der Waals surface area contributed by atoms with E-state index in [0.717, 1.165) is 22.5 Å². The molecule has 0 saturated heterocycles. The highest BCUT2D eigenvalue weighted by molar-refractivity contribution is 5.65. The maximum atomic E-state index is 4.07. The van der Waals surface area contributed by atoms with Gasteiger partial charge in [-0.3, -0.25) is 0 Å². The van der Waals surface area contributed by atoms with Gasteiger partial charge in [-0.1, -0.05) is 24.3 Å². The van der Waals surface area contributed by atoms with Crippen LogP contribution in [0.5, 0.6) is 0 Å². The summed E-state index contributed by atoms with van der Waals surface area (Å²) in [6.45, 7) is 0. The second-order valence-electron chi connectivity index (χ2n) is 3.80. The molecule has 18 heavy (non-hydrogen) atoms. The molecule has 0 bridgehead atoms. The van der Waals surface area contributed by atoms with Crippen molar-refractivity contribution < 1.29 is 0 Å². The van der Waals surface area contributed by atoms with Crippen LogP contribution in [0.15, 0.2) is 60.9 Å². The number of hydrogen-bond donors (Lipinski definition) is 0. The molecule has 86 valence electrons. The Labute approximate surface area is 104 Å². The minimum absolute atomic E-state index is 0.864. The molecule has 0 unspecified atom stereocenters. The lowest BCUT2D eigenvalue weighted by atomic mass is 10.1. The first-order valence-electron chi connectivity index (χ1n) is 5.60. The van der Waals surface area contributed by atoms with Gasteiger partial charge in [-0.05, 0) is 24.3 Å². The molecule has 0 N–H and O–H groups in total. The fourth-order valence-corrected chi connectivity index (χ4v) is 1.72. The van der Waals surface area contributed by atoms with E-state index in [9.17, 15) is 0 Å². The van der Waals surface area contributed by atoms with Gasteiger partial charge < -0.3 is 0 Å². The van der Waals surface area contributed by atoms with Crippen LogP contribution in [0.1, 0.15) is 0 Å². The first-order valence-corrected chi connectivity index (χ1v) is 5.60. The summed E-state index contributed by atoms with van der Waals surface area (Å²) in [6, 6.07) is 15.6. The van der Waals surface area contributed by atoms with E-state index in [0.29, 0.717) is 0 Å². The first kappa shape index (κ1) is 10.5. The summed E-state index contributed by atoms with van der Waals surface area (Å²) in [6.07, 6.45) is 3.33. The molecule has 2 aromatic heterocycles. The predicted molar refractivity (Wildman–Crippen MR) is 68.5 cm³/mol. The average Bonchev–Trinajstić information content (AvgIpc) is 2.49. The van der Waals surface area contributed by atoms with E-state index in [4.69, 9.17) is 0 Å². The molecule has 0 amide bonds. The predicted octanol–water partition coefficient (Wildman–Crippen LogP) is 2.60. The van der Waals surface area contributed by atoms with Crippen molar-refractivity contribution in [1.82, 2.24) is 20.4 Å². The second kappa shape index (κ2) is 4.71. The molecular formula is C14H10N4. The van der Waals surface area contributed by atoms with E-state index in [1.165, 1.54) is 0 Å². The third-order valence-electron chi connectivity index (χ3n) is 2.62. The summed E-state index contributed by atoms with van der Waals surface area (Å²) >= 11 is 0. The van der Waals surface area contributed by atoms with Crippen LogP contribution >= 0.6 is 0 Å². The molecule has 0 atom stereocenters. The minimum Gasteiger partial charge on any atom is -0.159 e. The van der Waals surface area contributed by atoms with Crippen molar-refractivity contribution >= 4 is 0 Å². The monoisotopic (exact) mass is 234 g/mol. The van der Waals surface area contributed by atoms with Gasteiger partial charge in [-0.25, -0.2) is 0 Å². The van der Waals surface area contributed by atoms with E-state index in [1.54, 1.807) is 12.4 Å². The number of hydrogen-bond acceptors (Lipinski definition) is 4. The van der Waals surface area contributed by atoms with Crippen molar-refractivity contribution in [3.63, 3.8) is 0 Å². The SMILES string of the molecule is c1cnnc(-c2ccc(-c3cccnn3)cc2)c1. The zero-order valence-electron chi connectivity index (χ0n) is 9.56. The van der Waals surface area contributed by atoms with Gasteiger partial charge in [0.1, 0.15) is 0 Å². The van der Waals surface area contributed by atoms with E-state index in [2.05, 4.69) is 20.4 Å². The Morgan fingerprint density at radius 3 is 1.33 bits per heavy atom. The number of benzene rings is 1. The molecule has 0 aliphatic heterocycles. The molecule has 0 spiro atoms. The van der Waals surface area contributed by atoms with Crippen molar-refractivity contribution in [2.45, 2.75) is 0 Å². The highest BCUT2D eigenvalue weighted by atomic mass is 15.1. The molecule has 0 radical (unpaired) electrons. The van der Waals surface area contributed by atoms with Gasteiger partial charge in [-0.2, -0.15) is 20.4 Å². The highest BCUT2D eigenvalue weighted by Crippen LogP contribution is 2.21. The largest absolute Gasteiger partial charge is 0.159 e. The third kappa shape index (κ3) is 2.08. The fraction of sp³-hybridized carbons (Fsp3) is 0. The van der Waals surface area contributed by atoms with Crippen LogP contribution in [-0.2, 0) is 0 Å². The molecule has 2 heterocycles. The van der Waals surface area contributed by atoms with E-state index < -0.39 is 0 Å². The van der Waals surface area contributed by atoms with Gasteiger partial charge in [0.2, 0.25) is 0 Å². The van der Waals surface area contributed by atoms with Crippen LogP contribution in [0.2, 0.25) is 0 Å². The highest BCUT2D eigenvalue weighted by Gasteiger charge is 2.01. The summed E-state index contributed by atoms with van der Waals surface area (Å²) < 4.78 is 0. The topological polar surface area (TPSA) is 51.6 Å². The minimum atomic E-state index is 0.864. The molecule has 0 fully saturated rings. The Morgan fingerprint density at radius 1 is 0.556 bits per heavy atom. The number of nitrogens with zero attached hydrogens (tertiary/aromatic N) is 4. The van der Waals surface area contributed by atoms with Gasteiger partial charge in [-0.15, -0.1) is 0 Å². The summed E-state index contributed by atoms with van der Waals surface area (Å²) in [7, 11) is 0. The lowest BCUT2D eigenvalue weighted by molar-refractivity contribution is 1.03. The molecule has 0 saturated carbocycles. The summed E-state index contributed by atoms with van der Waals surface area (Å²) in [5, 5.41) is 15.9. The van der Waals surface area contributed by atoms with E-state index >= 15 is 0 Å². The number of rotatable bonds is 2. The molecule has 4 nitrogen and oxygen atoms in total. The molecular weight excluding hydrogens is 224 g/mol. The maximum Gasteiger partial charge on any atom is 0.0929 e. The molecule has 0 aliphatic carbocycles. The normalized spacial score (nSPS) is 10.2. The Hall–Kier alpha value is -2.62. The fourth-order valence-electron chi connectivity index (χ4n) is 1.72. The van der Waals surface area contributed by atoms with Crippen molar-refractivity contribution in [2.24, 2.45) is 0 Å². The van der Waals surface area contributed by atoms with E-state index in [-0.39, 0.29) is 0 Å². The number of aromatic nitrogens is 4. The molecule has 3 rings (SSSR count). The Bertz CT molecular complexity index is 562. The third-order valence-corrected chi connectivity index (χ3v) is 2.62. The lowest BCUT2D eigenvalue weighted by Crippen LogP contribution is -1.87. The van der Waals surface area contributed by atoms with Crippen molar-refractivity contribution in [3.05, 3.63) is 60.9 Å². The van der Waals surface area contributed by atoms with Crippen molar-refractivity contribution in [1.29, 1.82) is 0 Å². The zero-order valence-corrected chi connectivity index (χ0v) is 9.56. The summed E-state index contributed by atoms with van der Waals surface area (Å²) in [5.41, 5.74) is 3.80. The van der Waals surface area contributed by atoms with Crippen LogP contribution < -0.4 is 0 Å². The zero-order chi connectivity index (χ0) is 12.2. The first-order chi connectivity index (χ1) is 8.93. The molecule has 3 aromatic rings. The quantitative estimate of drug-likeness (QED) is 0.684. The molecule has 1 aromatic carbocycles. The Balaban J connectivity index is 1.95.